The summed E-state index contributed by atoms with van der Waals surface area (Å²) in [5.74, 6) is 0.994. The number of ether oxygens (including phenoxy) is 1. The molecule has 1 N–H and O–H groups in total. The van der Waals surface area contributed by atoms with Crippen LogP contribution in [0.1, 0.15) is 26.2 Å². The van der Waals surface area contributed by atoms with E-state index in [0.29, 0.717) is 18.4 Å². The fourth-order valence-electron chi connectivity index (χ4n) is 2.56. The van der Waals surface area contributed by atoms with E-state index in [-0.39, 0.29) is 18.0 Å². The Kier molecular flexibility index (Phi) is 2.28. The van der Waals surface area contributed by atoms with Gasteiger partial charge in [-0.3, -0.25) is 4.79 Å². The van der Waals surface area contributed by atoms with Crippen molar-refractivity contribution in [2.75, 3.05) is 6.61 Å². The second-order valence-corrected chi connectivity index (χ2v) is 4.07. The average Bonchev–Trinajstić information content (AvgIpc) is 2.77. The predicted octanol–water partition coefficient (Wildman–Crippen LogP) is 0.957. The minimum atomic E-state index is -0.180. The fourth-order valence-corrected chi connectivity index (χ4v) is 2.56. The third-order valence-corrected chi connectivity index (χ3v) is 3.27. The molecule has 3 nitrogen and oxygen atoms in total. The lowest BCUT2D eigenvalue weighted by atomic mass is 9.98. The number of esters is 1. The van der Waals surface area contributed by atoms with Gasteiger partial charge in [-0.25, -0.2) is 0 Å². The monoisotopic (exact) mass is 184 g/mol. The molecule has 0 radical (unpaired) electrons. The van der Waals surface area contributed by atoms with Gasteiger partial charge in [-0.1, -0.05) is 0 Å². The Hall–Kier alpha value is -0.570. The quantitative estimate of drug-likeness (QED) is 0.650. The first-order valence-electron chi connectivity index (χ1n) is 5.08. The van der Waals surface area contributed by atoms with Gasteiger partial charge in [0.2, 0.25) is 0 Å². The van der Waals surface area contributed by atoms with Gasteiger partial charge in [0.1, 0.15) is 0 Å². The van der Waals surface area contributed by atoms with Crippen molar-refractivity contribution < 1.29 is 14.6 Å². The Morgan fingerprint density at radius 1 is 1.46 bits per heavy atom. The molecule has 2 rings (SSSR count). The van der Waals surface area contributed by atoms with Gasteiger partial charge >= 0.3 is 5.97 Å². The summed E-state index contributed by atoms with van der Waals surface area (Å²) in [7, 11) is 0. The maximum absolute atomic E-state index is 11.4. The predicted molar refractivity (Wildman–Crippen MR) is 47.0 cm³/mol. The molecule has 74 valence electrons. The summed E-state index contributed by atoms with van der Waals surface area (Å²) in [5, 5.41) is 9.38. The number of aliphatic hydroxyl groups is 1. The molecule has 0 bridgehead atoms. The van der Waals surface area contributed by atoms with Gasteiger partial charge in [-0.15, -0.1) is 0 Å². The molecule has 0 amide bonds. The summed E-state index contributed by atoms with van der Waals surface area (Å²) in [5.41, 5.74) is 0. The first-order valence-corrected chi connectivity index (χ1v) is 5.08. The Morgan fingerprint density at radius 2 is 2.23 bits per heavy atom. The number of fused-ring (bicyclic) bond motifs is 1. The van der Waals surface area contributed by atoms with Crippen LogP contribution in [0.2, 0.25) is 0 Å². The summed E-state index contributed by atoms with van der Waals surface area (Å²) >= 11 is 0. The van der Waals surface area contributed by atoms with Crippen LogP contribution < -0.4 is 0 Å². The van der Waals surface area contributed by atoms with Crippen LogP contribution in [-0.4, -0.2) is 23.8 Å². The van der Waals surface area contributed by atoms with Crippen molar-refractivity contribution in [2.24, 2.45) is 17.8 Å². The summed E-state index contributed by atoms with van der Waals surface area (Å²) in [6.45, 7) is 2.30. The van der Waals surface area contributed by atoms with Crippen molar-refractivity contribution in [3.8, 4) is 0 Å². The molecule has 2 aliphatic rings. The largest absolute Gasteiger partial charge is 0.466 e. The van der Waals surface area contributed by atoms with Gasteiger partial charge < -0.3 is 9.84 Å². The summed E-state index contributed by atoms with van der Waals surface area (Å²) in [6.07, 6.45) is 2.47. The van der Waals surface area contributed by atoms with Crippen molar-refractivity contribution in [2.45, 2.75) is 32.3 Å². The van der Waals surface area contributed by atoms with Gasteiger partial charge in [0.15, 0.2) is 0 Å². The zero-order valence-electron chi connectivity index (χ0n) is 7.90. The van der Waals surface area contributed by atoms with E-state index in [9.17, 15) is 9.90 Å². The van der Waals surface area contributed by atoms with E-state index < -0.39 is 0 Å². The molecule has 0 aromatic heterocycles. The molecule has 2 saturated carbocycles. The van der Waals surface area contributed by atoms with Gasteiger partial charge in [-0.05, 0) is 38.0 Å². The third kappa shape index (κ3) is 1.57. The molecule has 2 fully saturated rings. The highest BCUT2D eigenvalue weighted by Gasteiger charge is 2.57. The lowest BCUT2D eigenvalue weighted by molar-refractivity contribution is -0.145. The van der Waals surface area contributed by atoms with Crippen molar-refractivity contribution in [3.63, 3.8) is 0 Å². The molecule has 4 atom stereocenters. The topological polar surface area (TPSA) is 46.5 Å². The number of aliphatic hydroxyl groups excluding tert-OH is 1. The first kappa shape index (κ1) is 9.00. The maximum atomic E-state index is 11.4. The molecule has 0 saturated heterocycles. The summed E-state index contributed by atoms with van der Waals surface area (Å²) in [6, 6.07) is 0. The van der Waals surface area contributed by atoms with Crippen molar-refractivity contribution in [3.05, 3.63) is 0 Å². The second kappa shape index (κ2) is 3.29. The molecular formula is C10H16O3. The molecule has 2 aliphatic carbocycles. The molecule has 0 aromatic carbocycles. The number of hydrogen-bond donors (Lipinski definition) is 1. The van der Waals surface area contributed by atoms with Gasteiger partial charge in [0.25, 0.3) is 0 Å². The summed E-state index contributed by atoms with van der Waals surface area (Å²) in [4.78, 5) is 11.4. The molecule has 4 unspecified atom stereocenters. The second-order valence-electron chi connectivity index (χ2n) is 4.07. The Balaban J connectivity index is 1.88. The van der Waals surface area contributed by atoms with Crippen LogP contribution in [0.3, 0.4) is 0 Å². The zero-order valence-corrected chi connectivity index (χ0v) is 7.90. The minimum Gasteiger partial charge on any atom is -0.466 e. The summed E-state index contributed by atoms with van der Waals surface area (Å²) < 4.78 is 4.97. The van der Waals surface area contributed by atoms with E-state index in [1.54, 1.807) is 0 Å². The molecule has 13 heavy (non-hydrogen) atoms. The molecular weight excluding hydrogens is 168 g/mol. The van der Waals surface area contributed by atoms with E-state index in [4.69, 9.17) is 4.74 Å². The average molecular weight is 184 g/mol. The maximum Gasteiger partial charge on any atom is 0.309 e. The SMILES string of the molecule is CCOC(=O)C1C2CCC(O)CC21. The normalized spacial score (nSPS) is 42.3. The van der Waals surface area contributed by atoms with E-state index in [1.165, 1.54) is 0 Å². The van der Waals surface area contributed by atoms with Gasteiger partial charge in [-0.2, -0.15) is 0 Å². The minimum absolute atomic E-state index is 0.0494. The lowest BCUT2D eigenvalue weighted by Crippen LogP contribution is -2.12. The fraction of sp³-hybridized carbons (Fsp3) is 0.900. The van der Waals surface area contributed by atoms with Crippen LogP contribution in [0.5, 0.6) is 0 Å². The molecule has 3 heteroatoms. The third-order valence-electron chi connectivity index (χ3n) is 3.27. The highest BCUT2D eigenvalue weighted by Crippen LogP contribution is 2.55. The van der Waals surface area contributed by atoms with Gasteiger partial charge in [0.05, 0.1) is 18.6 Å². The molecule has 0 aliphatic heterocycles. The number of carbonyl (C=O) groups excluding carboxylic acids is 1. The highest BCUT2D eigenvalue weighted by atomic mass is 16.5. The van der Waals surface area contributed by atoms with Crippen LogP contribution in [0.4, 0.5) is 0 Å². The Labute approximate surface area is 78.1 Å². The van der Waals surface area contributed by atoms with Gasteiger partial charge in [0, 0.05) is 0 Å². The van der Waals surface area contributed by atoms with E-state index in [1.807, 2.05) is 6.92 Å². The van der Waals surface area contributed by atoms with Crippen molar-refractivity contribution >= 4 is 5.97 Å². The number of carbonyl (C=O) groups is 1. The number of rotatable bonds is 2. The van der Waals surface area contributed by atoms with Crippen LogP contribution >= 0.6 is 0 Å². The Morgan fingerprint density at radius 3 is 2.85 bits per heavy atom. The van der Waals surface area contributed by atoms with E-state index in [2.05, 4.69) is 0 Å². The lowest BCUT2D eigenvalue weighted by Gasteiger charge is -2.13. The number of hydrogen-bond acceptors (Lipinski definition) is 3. The highest BCUT2D eigenvalue weighted by molar-refractivity contribution is 5.76. The van der Waals surface area contributed by atoms with E-state index >= 15 is 0 Å². The zero-order chi connectivity index (χ0) is 9.42. The standard InChI is InChI=1S/C10H16O3/c1-2-13-10(12)9-7-4-3-6(11)5-8(7)9/h6-9,11H,2-5H2,1H3. The molecule has 0 heterocycles. The van der Waals surface area contributed by atoms with Crippen LogP contribution in [0.25, 0.3) is 0 Å². The first-order chi connectivity index (χ1) is 6.24. The van der Waals surface area contributed by atoms with E-state index in [0.717, 1.165) is 19.3 Å². The van der Waals surface area contributed by atoms with Crippen LogP contribution in [0.15, 0.2) is 0 Å². The Bertz CT molecular complexity index is 214. The molecule has 0 aromatic rings. The smallest absolute Gasteiger partial charge is 0.309 e. The van der Waals surface area contributed by atoms with Crippen molar-refractivity contribution in [1.82, 2.24) is 0 Å². The van der Waals surface area contributed by atoms with Crippen molar-refractivity contribution in [1.29, 1.82) is 0 Å². The van der Waals surface area contributed by atoms with Crippen LogP contribution in [-0.2, 0) is 9.53 Å². The van der Waals surface area contributed by atoms with Crippen LogP contribution in [0, 0.1) is 17.8 Å². The molecule has 0 spiro atoms.